The summed E-state index contributed by atoms with van der Waals surface area (Å²) in [6, 6.07) is 17.2. The highest BCUT2D eigenvalue weighted by Crippen LogP contribution is 2.42. The van der Waals surface area contributed by atoms with Crippen LogP contribution < -0.4 is 25.2 Å². The maximum absolute atomic E-state index is 14.3. The first-order valence-corrected chi connectivity index (χ1v) is 31.8. The second-order valence-electron chi connectivity index (χ2n) is 22.4. The van der Waals surface area contributed by atoms with Crippen molar-refractivity contribution >= 4 is 60.4 Å². The number of carbonyl (C=O) groups is 3. The van der Waals surface area contributed by atoms with E-state index in [4.69, 9.17) is 14.0 Å². The molecule has 0 aliphatic carbocycles. The van der Waals surface area contributed by atoms with E-state index in [0.717, 1.165) is 77.2 Å². The van der Waals surface area contributed by atoms with Crippen molar-refractivity contribution in [3.05, 3.63) is 83.2 Å². The van der Waals surface area contributed by atoms with Crippen LogP contribution in [0.1, 0.15) is 81.9 Å². The van der Waals surface area contributed by atoms with Crippen molar-refractivity contribution in [2.75, 3.05) is 101 Å². The molecule has 8 heterocycles. The number of para-hydroxylation sites is 1. The predicted molar refractivity (Wildman–Crippen MR) is 306 cm³/mol. The van der Waals surface area contributed by atoms with E-state index in [2.05, 4.69) is 45.7 Å². The number of nitrogens with one attached hydrogen (secondary N) is 2. The van der Waals surface area contributed by atoms with Crippen LogP contribution in [0.25, 0.3) is 21.7 Å². The fourth-order valence-corrected chi connectivity index (χ4v) is 16.5. The van der Waals surface area contributed by atoms with E-state index in [1.807, 2.05) is 69.6 Å². The molecule has 5 unspecified atom stereocenters. The number of likely N-dealkylation sites (tertiary alicyclic amines) is 2. The third-order valence-electron chi connectivity index (χ3n) is 16.3. The summed E-state index contributed by atoms with van der Waals surface area (Å²) in [7, 11) is -2.55. The van der Waals surface area contributed by atoms with Crippen molar-refractivity contribution in [2.45, 2.75) is 94.7 Å². The Hall–Kier alpha value is -5.89. The van der Waals surface area contributed by atoms with E-state index in [0.29, 0.717) is 87.5 Å². The Morgan fingerprint density at radius 3 is 2.45 bits per heavy atom. The van der Waals surface area contributed by atoms with Crippen molar-refractivity contribution in [2.24, 2.45) is 11.8 Å². The second-order valence-corrected chi connectivity index (χ2v) is 28.0. The number of aryl methyl sites for hydroxylation is 1. The van der Waals surface area contributed by atoms with Gasteiger partial charge < -0.3 is 44.6 Å². The minimum absolute atomic E-state index is 0.0333. The molecule has 5 aromatic rings. The molecule has 0 spiro atoms. The number of thiazole rings is 1. The third kappa shape index (κ3) is 13.2. The highest BCUT2D eigenvalue weighted by Gasteiger charge is 2.45. The summed E-state index contributed by atoms with van der Waals surface area (Å²) in [4.78, 5) is 57.9. The highest BCUT2D eigenvalue weighted by atomic mass is 33.1. The number of anilines is 2. The van der Waals surface area contributed by atoms with Crippen LogP contribution >= 0.6 is 22.1 Å². The van der Waals surface area contributed by atoms with E-state index in [1.165, 1.54) is 16.1 Å². The summed E-state index contributed by atoms with van der Waals surface area (Å²) in [5, 5.41) is 41.1. The molecule has 2 aromatic carbocycles. The summed E-state index contributed by atoms with van der Waals surface area (Å²) in [5.74, 6) is -0.0638. The Balaban J connectivity index is 0.710. The van der Waals surface area contributed by atoms with Gasteiger partial charge in [0.25, 0.3) is 5.88 Å². The molecule has 430 valence electrons. The van der Waals surface area contributed by atoms with Crippen LogP contribution in [0.2, 0.25) is 0 Å². The zero-order valence-electron chi connectivity index (χ0n) is 46.0. The first kappa shape index (κ1) is 57.3. The smallest absolute Gasteiger partial charge is 0.415 e. The van der Waals surface area contributed by atoms with Gasteiger partial charge in [0.05, 0.1) is 56.9 Å². The Morgan fingerprint density at radius 1 is 0.975 bits per heavy atom. The average Bonchev–Trinajstić information content (AvgIpc) is 4.21. The number of piperazine rings is 1. The van der Waals surface area contributed by atoms with Gasteiger partial charge in [-0.15, -0.1) is 21.5 Å². The Kier molecular flexibility index (Phi) is 17.7. The number of piperidine rings is 2. The van der Waals surface area contributed by atoms with Crippen LogP contribution in [0.3, 0.4) is 0 Å². The Labute approximate surface area is 475 Å². The van der Waals surface area contributed by atoms with Gasteiger partial charge in [-0.1, -0.05) is 50.2 Å². The maximum atomic E-state index is 14.3. The average molecular weight is 1160 g/mol. The maximum Gasteiger partial charge on any atom is 0.415 e. The SMILES string of the molecule is Cc1ncsc1-c1ccc(C(C)NC(=O)C2CC(O)CN2C(=O)C(c2cc(OCCN3CCC(CN4CCN5c6cc(-c7ccccc7O)nnc6N(C(=O)OCC6(SS(C)(=O)=O)CCNCC6)CC5C4)CC3)no2)C(C)C)cc1. The van der Waals surface area contributed by atoms with Crippen molar-refractivity contribution in [3.63, 3.8) is 0 Å². The quantitative estimate of drug-likeness (QED) is 0.0746. The van der Waals surface area contributed by atoms with Gasteiger partial charge in [0.15, 0.2) is 20.4 Å². The molecule has 0 radical (unpaired) electrons. The number of fused-ring (bicyclic) bond motifs is 3. The number of hydrogen-bond donors (Lipinski definition) is 4. The van der Waals surface area contributed by atoms with E-state index in [-0.39, 0.29) is 61.0 Å². The number of ether oxygens (including phenoxy) is 2. The summed E-state index contributed by atoms with van der Waals surface area (Å²) < 4.78 is 42.1. The number of carbonyl (C=O) groups excluding carboxylic acids is 3. The van der Waals surface area contributed by atoms with Gasteiger partial charge in [0.2, 0.25) is 11.8 Å². The van der Waals surface area contributed by atoms with Crippen LogP contribution in [0.4, 0.5) is 16.3 Å². The van der Waals surface area contributed by atoms with Gasteiger partial charge in [-0.3, -0.25) is 24.3 Å². The molecule has 5 atom stereocenters. The van der Waals surface area contributed by atoms with Crippen LogP contribution in [0.5, 0.6) is 11.6 Å². The van der Waals surface area contributed by atoms with Gasteiger partial charge in [-0.25, -0.2) is 18.2 Å². The number of phenols is 1. The topological polar surface area (TPSA) is 249 Å². The van der Waals surface area contributed by atoms with Gasteiger partial charge in [-0.2, -0.15) is 0 Å². The highest BCUT2D eigenvalue weighted by molar-refractivity contribution is 8.72. The number of amides is 3. The number of aromatic hydroxyl groups is 1. The predicted octanol–water partition coefficient (Wildman–Crippen LogP) is 5.90. The molecule has 3 amide bonds. The number of rotatable bonds is 18. The lowest BCUT2D eigenvalue weighted by Gasteiger charge is -2.48. The number of aliphatic hydroxyl groups excluding tert-OH is 1. The second kappa shape index (κ2) is 24.7. The molecule has 5 aliphatic heterocycles. The van der Waals surface area contributed by atoms with E-state index < -0.39 is 37.8 Å². The summed E-state index contributed by atoms with van der Waals surface area (Å²) in [6.07, 6.45) is 2.96. The standard InChI is InChI=1S/C56H73N11O10S3/c1-35(2)50(54(71)66-32-42(68)26-46(66)53(70)59-36(3)39-10-12-40(13-11-39)51-37(4)58-34-78-51)48-28-49(62-77-48)75-25-24-63-20-14-38(15-21-63)29-64-22-23-65-41(30-64)31-67(52-45(65)27-44(60-61-52)43-8-6-7-9-47(43)69)55(72)76-33-56(79-80(5,73)74)16-18-57-19-17-56/h6-13,27-28,34-36,38,41-42,46,50,57,68-69H,14-26,29-33H2,1-5H3,(H,59,70). The number of phenolic OH excluding ortho intramolecular Hbond substituents is 1. The van der Waals surface area contributed by atoms with Gasteiger partial charge >= 0.3 is 6.09 Å². The molecule has 0 bridgehead atoms. The van der Waals surface area contributed by atoms with Crippen molar-refractivity contribution in [1.29, 1.82) is 0 Å². The number of hydrogen-bond acceptors (Lipinski definition) is 20. The number of nitrogens with zero attached hydrogens (tertiary/aromatic N) is 9. The lowest BCUT2D eigenvalue weighted by molar-refractivity contribution is -0.141. The zero-order chi connectivity index (χ0) is 56.3. The van der Waals surface area contributed by atoms with Gasteiger partial charge in [0, 0.05) is 63.6 Å². The molecule has 24 heteroatoms. The molecule has 3 aromatic heterocycles. The molecule has 10 rings (SSSR count). The fraction of sp³-hybridized carbons (Fsp3) is 0.554. The van der Waals surface area contributed by atoms with E-state index in [1.54, 1.807) is 35.6 Å². The zero-order valence-corrected chi connectivity index (χ0v) is 48.5. The summed E-state index contributed by atoms with van der Waals surface area (Å²) in [6.45, 7) is 15.2. The van der Waals surface area contributed by atoms with Crippen LogP contribution in [-0.2, 0) is 23.2 Å². The molecule has 80 heavy (non-hydrogen) atoms. The van der Waals surface area contributed by atoms with Gasteiger partial charge in [-0.05, 0) is 123 Å². The third-order valence-corrected chi connectivity index (χ3v) is 20.4. The molecule has 5 aliphatic rings. The largest absolute Gasteiger partial charge is 0.507 e. The van der Waals surface area contributed by atoms with E-state index in [9.17, 15) is 33.0 Å². The fourth-order valence-electron chi connectivity index (χ4n) is 12.0. The van der Waals surface area contributed by atoms with Gasteiger partial charge in [0.1, 0.15) is 30.9 Å². The normalized spacial score (nSPS) is 21.7. The van der Waals surface area contributed by atoms with Crippen LogP contribution in [-0.4, -0.2) is 186 Å². The minimum Gasteiger partial charge on any atom is -0.507 e. The van der Waals surface area contributed by atoms with Crippen molar-refractivity contribution in [1.82, 2.24) is 45.7 Å². The molecular formula is C56H73N11O10S3. The molecule has 4 saturated heterocycles. The van der Waals surface area contributed by atoms with Crippen molar-refractivity contribution < 1.29 is 47.0 Å². The number of aliphatic hydroxyl groups is 1. The molecular weight excluding hydrogens is 1080 g/mol. The number of β-amino-alcohol motifs (C(OH)–C–C–N with tert-alkyl or cyclic N) is 1. The van der Waals surface area contributed by atoms with Crippen LogP contribution in [0, 0.1) is 18.8 Å². The minimum atomic E-state index is -3.42. The monoisotopic (exact) mass is 1160 g/mol. The summed E-state index contributed by atoms with van der Waals surface area (Å²) in [5.41, 5.74) is 6.51. The van der Waals surface area contributed by atoms with Crippen molar-refractivity contribution in [3.8, 4) is 33.3 Å². The molecule has 21 nitrogen and oxygen atoms in total. The van der Waals surface area contributed by atoms with E-state index >= 15 is 0 Å². The molecule has 4 N–H and O–H groups in total. The number of benzene rings is 2. The lowest BCUT2D eigenvalue weighted by Crippen LogP contribution is -2.61. The first-order chi connectivity index (χ1) is 38.4. The number of aromatic nitrogens is 4. The summed E-state index contributed by atoms with van der Waals surface area (Å²) >= 11 is 1.58. The lowest BCUT2D eigenvalue weighted by atomic mass is 9.91. The molecule has 0 saturated carbocycles. The van der Waals surface area contributed by atoms with Crippen LogP contribution in [0.15, 0.2) is 70.7 Å². The Morgan fingerprint density at radius 2 is 1.74 bits per heavy atom. The Bertz CT molecular complexity index is 3090. The first-order valence-electron chi connectivity index (χ1n) is 27.7. The molecule has 4 fully saturated rings.